The molecule has 0 radical (unpaired) electrons. The van der Waals surface area contributed by atoms with Crippen LogP contribution in [0, 0.1) is 11.6 Å². The van der Waals surface area contributed by atoms with Crippen LogP contribution in [0.2, 0.25) is 0 Å². The molecule has 9 heteroatoms. The number of fused-ring (bicyclic) bond motifs is 1. The third-order valence-electron chi connectivity index (χ3n) is 3.92. The number of aromatic amines is 1. The number of nitrogens with one attached hydrogen (secondary N) is 3. The molecule has 1 aliphatic rings. The zero-order valence-electron chi connectivity index (χ0n) is 15.9. The van der Waals surface area contributed by atoms with Crippen LogP contribution in [0.4, 0.5) is 26.4 Å². The highest BCUT2D eigenvalue weighted by atomic mass is 19.1. The van der Waals surface area contributed by atoms with Crippen LogP contribution in [0.25, 0.3) is 11.2 Å². The smallest absolute Gasteiger partial charge is 0.225 e. The number of halogens is 2. The summed E-state index contributed by atoms with van der Waals surface area (Å²) in [5.41, 5.74) is 1.18. The van der Waals surface area contributed by atoms with E-state index in [4.69, 9.17) is 4.74 Å². The number of benzene rings is 1. The molecular formula is C19H24F2N6O. The van der Waals surface area contributed by atoms with E-state index < -0.39 is 11.6 Å². The minimum Gasteiger partial charge on any atom is -0.381 e. The molecule has 1 aliphatic heterocycles. The maximum Gasteiger partial charge on any atom is 0.225 e. The summed E-state index contributed by atoms with van der Waals surface area (Å²) < 4.78 is 31.6. The fourth-order valence-electron chi connectivity index (χ4n) is 2.60. The van der Waals surface area contributed by atoms with Gasteiger partial charge in [0.25, 0.3) is 0 Å². The van der Waals surface area contributed by atoms with Crippen LogP contribution in [0.15, 0.2) is 24.4 Å². The second kappa shape index (κ2) is 9.41. The number of rotatable bonds is 4. The third-order valence-corrected chi connectivity index (χ3v) is 3.92. The standard InChI is InChI=1S/C14H14F2N6.C5H10O/c1-7(2)18-13-17-6-11-12(21-13)22-14(20-11)19-10-4-3-8(15)5-9(10)16;1-2-4-6-5-3-1/h3-7H,1-2H3,(H3,17,18,19,20,21,22);1-5H2. The second-order valence-corrected chi connectivity index (χ2v) is 6.74. The fraction of sp³-hybridized carbons (Fsp3) is 0.421. The van der Waals surface area contributed by atoms with E-state index >= 15 is 0 Å². The summed E-state index contributed by atoms with van der Waals surface area (Å²) in [6.45, 7) is 5.95. The van der Waals surface area contributed by atoms with Crippen molar-refractivity contribution in [3.63, 3.8) is 0 Å². The van der Waals surface area contributed by atoms with E-state index in [0.29, 0.717) is 23.1 Å². The Morgan fingerprint density at radius 1 is 1.11 bits per heavy atom. The Morgan fingerprint density at radius 3 is 2.50 bits per heavy atom. The van der Waals surface area contributed by atoms with Crippen LogP contribution in [-0.2, 0) is 4.74 Å². The van der Waals surface area contributed by atoms with Gasteiger partial charge < -0.3 is 20.4 Å². The predicted molar refractivity (Wildman–Crippen MR) is 105 cm³/mol. The summed E-state index contributed by atoms with van der Waals surface area (Å²) in [5.74, 6) is -0.568. The molecule has 1 fully saturated rings. The van der Waals surface area contributed by atoms with E-state index in [0.717, 1.165) is 19.3 Å². The Hall–Kier alpha value is -2.81. The first-order valence-electron chi connectivity index (χ1n) is 9.30. The molecule has 1 saturated heterocycles. The lowest BCUT2D eigenvalue weighted by atomic mass is 10.2. The van der Waals surface area contributed by atoms with Crippen LogP contribution in [0.5, 0.6) is 0 Å². The van der Waals surface area contributed by atoms with E-state index in [2.05, 4.69) is 30.6 Å². The van der Waals surface area contributed by atoms with Crippen molar-refractivity contribution in [3.8, 4) is 0 Å². The van der Waals surface area contributed by atoms with Crippen LogP contribution >= 0.6 is 0 Å². The van der Waals surface area contributed by atoms with Gasteiger partial charge >= 0.3 is 0 Å². The van der Waals surface area contributed by atoms with Gasteiger partial charge in [0.1, 0.15) is 17.2 Å². The maximum absolute atomic E-state index is 13.6. The summed E-state index contributed by atoms with van der Waals surface area (Å²) in [4.78, 5) is 15.6. The number of hydrogen-bond acceptors (Lipinski definition) is 6. The molecule has 7 nitrogen and oxygen atoms in total. The summed E-state index contributed by atoms with van der Waals surface area (Å²) in [6.07, 6.45) is 5.52. The minimum absolute atomic E-state index is 0.119. The molecule has 2 aromatic heterocycles. The molecule has 0 unspecified atom stereocenters. The Labute approximate surface area is 162 Å². The Kier molecular flexibility index (Phi) is 6.70. The SMILES string of the molecule is C1CCOCC1.CC(C)Nc1ncc2[nH]c(Nc3ccc(F)cc3F)nc2n1. The first kappa shape index (κ1) is 19.9. The highest BCUT2D eigenvalue weighted by molar-refractivity contribution is 5.74. The molecule has 0 spiro atoms. The minimum atomic E-state index is -0.700. The average molecular weight is 390 g/mol. The van der Waals surface area contributed by atoms with E-state index in [9.17, 15) is 8.78 Å². The largest absolute Gasteiger partial charge is 0.381 e. The molecule has 1 aromatic carbocycles. The molecule has 0 amide bonds. The van der Waals surface area contributed by atoms with Gasteiger partial charge in [-0.3, -0.25) is 0 Å². The van der Waals surface area contributed by atoms with Crippen molar-refractivity contribution in [2.24, 2.45) is 0 Å². The van der Waals surface area contributed by atoms with Crippen molar-refractivity contribution in [2.45, 2.75) is 39.2 Å². The maximum atomic E-state index is 13.6. The zero-order valence-corrected chi connectivity index (χ0v) is 15.9. The molecule has 150 valence electrons. The quantitative estimate of drug-likeness (QED) is 0.613. The zero-order chi connectivity index (χ0) is 19.9. The van der Waals surface area contributed by atoms with Crippen LogP contribution in [0.3, 0.4) is 0 Å². The number of anilines is 3. The Bertz CT molecular complexity index is 899. The number of ether oxygens (including phenoxy) is 1. The molecule has 28 heavy (non-hydrogen) atoms. The number of aromatic nitrogens is 4. The summed E-state index contributed by atoms with van der Waals surface area (Å²) in [7, 11) is 0. The van der Waals surface area contributed by atoms with Gasteiger partial charge in [-0.15, -0.1) is 0 Å². The lowest BCUT2D eigenvalue weighted by Gasteiger charge is -2.08. The summed E-state index contributed by atoms with van der Waals surface area (Å²) in [5, 5.41) is 5.83. The topological polar surface area (TPSA) is 87.8 Å². The Morgan fingerprint density at radius 2 is 1.89 bits per heavy atom. The van der Waals surface area contributed by atoms with Crippen LogP contribution < -0.4 is 10.6 Å². The van der Waals surface area contributed by atoms with Gasteiger partial charge in [-0.25, -0.2) is 13.8 Å². The number of nitrogens with zero attached hydrogens (tertiary/aromatic N) is 3. The summed E-state index contributed by atoms with van der Waals surface area (Å²) in [6, 6.07) is 3.46. The molecule has 3 N–H and O–H groups in total. The van der Waals surface area contributed by atoms with Crippen LogP contribution in [-0.4, -0.2) is 39.2 Å². The fourth-order valence-corrected chi connectivity index (χ4v) is 2.60. The molecule has 4 rings (SSSR count). The highest BCUT2D eigenvalue weighted by Crippen LogP contribution is 2.21. The Balaban J connectivity index is 0.000000320. The average Bonchev–Trinajstić information content (AvgIpc) is 3.07. The van der Waals surface area contributed by atoms with Crippen molar-refractivity contribution in [1.82, 2.24) is 19.9 Å². The van der Waals surface area contributed by atoms with E-state index in [1.165, 1.54) is 31.4 Å². The third kappa shape index (κ3) is 5.59. The molecule has 0 saturated carbocycles. The lowest BCUT2D eigenvalue weighted by Crippen LogP contribution is -2.12. The first-order valence-corrected chi connectivity index (χ1v) is 9.30. The van der Waals surface area contributed by atoms with Gasteiger partial charge in [-0.2, -0.15) is 9.97 Å². The van der Waals surface area contributed by atoms with Crippen molar-refractivity contribution in [2.75, 3.05) is 23.8 Å². The van der Waals surface area contributed by atoms with E-state index in [1.54, 1.807) is 6.20 Å². The molecule has 0 bridgehead atoms. The van der Waals surface area contributed by atoms with Crippen molar-refractivity contribution < 1.29 is 13.5 Å². The van der Waals surface area contributed by atoms with Gasteiger partial charge in [0.15, 0.2) is 5.65 Å². The normalized spacial score (nSPS) is 13.9. The second-order valence-electron chi connectivity index (χ2n) is 6.74. The first-order chi connectivity index (χ1) is 13.5. The van der Waals surface area contributed by atoms with Crippen molar-refractivity contribution in [1.29, 1.82) is 0 Å². The number of H-pyrrole nitrogens is 1. The van der Waals surface area contributed by atoms with Gasteiger partial charge in [-0.1, -0.05) is 0 Å². The van der Waals surface area contributed by atoms with E-state index in [1.807, 2.05) is 13.8 Å². The highest BCUT2D eigenvalue weighted by Gasteiger charge is 2.09. The molecule has 3 aromatic rings. The predicted octanol–water partition coefficient (Wildman–Crippen LogP) is 4.38. The number of imidazole rings is 1. The van der Waals surface area contributed by atoms with Gasteiger partial charge in [0, 0.05) is 25.3 Å². The molecule has 0 aliphatic carbocycles. The van der Waals surface area contributed by atoms with E-state index in [-0.39, 0.29) is 11.7 Å². The molecular weight excluding hydrogens is 366 g/mol. The molecule has 3 heterocycles. The summed E-state index contributed by atoms with van der Waals surface area (Å²) >= 11 is 0. The monoisotopic (exact) mass is 390 g/mol. The van der Waals surface area contributed by atoms with Crippen molar-refractivity contribution in [3.05, 3.63) is 36.0 Å². The van der Waals surface area contributed by atoms with Gasteiger partial charge in [-0.05, 0) is 45.2 Å². The van der Waals surface area contributed by atoms with Gasteiger partial charge in [0.2, 0.25) is 11.9 Å². The lowest BCUT2D eigenvalue weighted by molar-refractivity contribution is 0.0968. The van der Waals surface area contributed by atoms with Crippen molar-refractivity contribution >= 4 is 28.7 Å². The van der Waals surface area contributed by atoms with Crippen LogP contribution in [0.1, 0.15) is 33.1 Å². The molecule has 0 atom stereocenters. The number of hydrogen-bond donors (Lipinski definition) is 3. The van der Waals surface area contributed by atoms with Gasteiger partial charge in [0.05, 0.1) is 11.9 Å².